The minimum absolute atomic E-state index is 0.391. The summed E-state index contributed by atoms with van der Waals surface area (Å²) >= 11 is 0. The van der Waals surface area contributed by atoms with Crippen molar-refractivity contribution in [3.8, 4) is 0 Å². The van der Waals surface area contributed by atoms with E-state index in [1.807, 2.05) is 18.2 Å². The molecule has 0 aliphatic rings. The Morgan fingerprint density at radius 3 is 2.40 bits per heavy atom. The van der Waals surface area contributed by atoms with Gasteiger partial charge in [-0.2, -0.15) is 0 Å². The van der Waals surface area contributed by atoms with Crippen molar-refractivity contribution in [1.29, 1.82) is 0 Å². The second-order valence-corrected chi connectivity index (χ2v) is 7.79. The quantitative estimate of drug-likeness (QED) is 0.612. The molecule has 2 rings (SSSR count). The molecule has 7 nitrogen and oxygen atoms in total. The highest BCUT2D eigenvalue weighted by atomic mass is 31.2. The lowest BCUT2D eigenvalue weighted by atomic mass is 10.0. The Kier molecular flexibility index (Phi) is 5.95. The zero-order valence-electron chi connectivity index (χ0n) is 13.5. The van der Waals surface area contributed by atoms with Crippen LogP contribution in [0.4, 0.5) is 0 Å². The van der Waals surface area contributed by atoms with Crippen LogP contribution in [-0.4, -0.2) is 33.1 Å². The lowest BCUT2D eigenvalue weighted by Crippen LogP contribution is -2.24. The van der Waals surface area contributed by atoms with E-state index < -0.39 is 44.1 Å². The van der Waals surface area contributed by atoms with Gasteiger partial charge in [0.25, 0.3) is 0 Å². The Morgan fingerprint density at radius 2 is 1.76 bits per heavy atom. The minimum atomic E-state index is -4.35. The van der Waals surface area contributed by atoms with Crippen LogP contribution in [0.25, 0.3) is 10.8 Å². The maximum absolute atomic E-state index is 12.6. The van der Waals surface area contributed by atoms with Crippen molar-refractivity contribution < 1.29 is 33.8 Å². The standard InChI is InChI=1S/C17H19O7P/c1-11(13-8-4-6-12-5-2-3-7-14(12)13)25(22,23)24-15(17(20)21)9-10-16(18)19/h2-8,11,15H,9-10H2,1H3,(H,18,19)(H,20,21)(H,22,23). The first kappa shape index (κ1) is 19.1. The summed E-state index contributed by atoms with van der Waals surface area (Å²) in [5, 5.41) is 19.4. The van der Waals surface area contributed by atoms with E-state index in [4.69, 9.17) is 14.7 Å². The molecule has 8 heteroatoms. The number of hydrogen-bond donors (Lipinski definition) is 3. The second kappa shape index (κ2) is 7.78. The number of fused-ring (bicyclic) bond motifs is 1. The van der Waals surface area contributed by atoms with Crippen molar-refractivity contribution in [3.63, 3.8) is 0 Å². The van der Waals surface area contributed by atoms with E-state index in [2.05, 4.69) is 0 Å². The van der Waals surface area contributed by atoms with E-state index in [0.717, 1.165) is 10.8 Å². The zero-order valence-corrected chi connectivity index (χ0v) is 14.4. The molecular formula is C17H19O7P. The summed E-state index contributed by atoms with van der Waals surface area (Å²) in [5.74, 6) is -2.68. The van der Waals surface area contributed by atoms with Gasteiger partial charge < -0.3 is 15.1 Å². The van der Waals surface area contributed by atoms with Crippen LogP contribution in [0.1, 0.15) is 31.0 Å². The van der Waals surface area contributed by atoms with Crippen molar-refractivity contribution in [1.82, 2.24) is 0 Å². The van der Waals surface area contributed by atoms with Gasteiger partial charge in [0, 0.05) is 6.42 Å². The fourth-order valence-electron chi connectivity index (χ4n) is 2.54. The van der Waals surface area contributed by atoms with Gasteiger partial charge in [0.2, 0.25) is 0 Å². The predicted octanol–water partition coefficient (Wildman–Crippen LogP) is 3.42. The van der Waals surface area contributed by atoms with Gasteiger partial charge in [0.05, 0.1) is 5.66 Å². The molecule has 0 radical (unpaired) electrons. The molecule has 0 aliphatic heterocycles. The fraction of sp³-hybridized carbons (Fsp3) is 0.294. The van der Waals surface area contributed by atoms with E-state index in [0.29, 0.717) is 5.56 Å². The topological polar surface area (TPSA) is 121 Å². The summed E-state index contributed by atoms with van der Waals surface area (Å²) in [6, 6.07) is 12.6. The third kappa shape index (κ3) is 4.66. The molecule has 0 spiro atoms. The minimum Gasteiger partial charge on any atom is -0.481 e. The highest BCUT2D eigenvalue weighted by Gasteiger charge is 2.36. The van der Waals surface area contributed by atoms with Gasteiger partial charge in [0.15, 0.2) is 6.10 Å². The predicted molar refractivity (Wildman–Crippen MR) is 91.6 cm³/mol. The summed E-state index contributed by atoms with van der Waals surface area (Å²) in [6.45, 7) is 1.48. The van der Waals surface area contributed by atoms with Gasteiger partial charge in [0.1, 0.15) is 0 Å². The zero-order chi connectivity index (χ0) is 18.6. The van der Waals surface area contributed by atoms with Crippen molar-refractivity contribution >= 4 is 30.3 Å². The summed E-state index contributed by atoms with van der Waals surface area (Å²) in [4.78, 5) is 32.1. The third-order valence-electron chi connectivity index (χ3n) is 3.94. The molecular weight excluding hydrogens is 347 g/mol. The molecule has 0 aromatic heterocycles. The van der Waals surface area contributed by atoms with Crippen molar-refractivity contribution in [3.05, 3.63) is 48.0 Å². The van der Waals surface area contributed by atoms with Gasteiger partial charge in [-0.1, -0.05) is 42.5 Å². The van der Waals surface area contributed by atoms with Gasteiger partial charge in [-0.25, -0.2) is 4.79 Å². The van der Waals surface area contributed by atoms with Gasteiger partial charge in [-0.05, 0) is 29.7 Å². The van der Waals surface area contributed by atoms with Crippen LogP contribution in [0, 0.1) is 0 Å². The van der Waals surface area contributed by atoms with E-state index in [1.165, 1.54) is 6.92 Å². The number of aliphatic carboxylic acids is 2. The van der Waals surface area contributed by atoms with Gasteiger partial charge >= 0.3 is 19.5 Å². The number of carboxylic acid groups (broad SMARTS) is 2. The lowest BCUT2D eigenvalue weighted by Gasteiger charge is -2.23. The van der Waals surface area contributed by atoms with Gasteiger partial charge in [-0.3, -0.25) is 13.9 Å². The number of rotatable bonds is 8. The van der Waals surface area contributed by atoms with Crippen LogP contribution in [0.3, 0.4) is 0 Å². The highest BCUT2D eigenvalue weighted by molar-refractivity contribution is 7.53. The average molecular weight is 366 g/mol. The average Bonchev–Trinajstić information content (AvgIpc) is 2.57. The Morgan fingerprint density at radius 1 is 1.12 bits per heavy atom. The first-order valence-corrected chi connectivity index (χ1v) is 9.30. The molecule has 25 heavy (non-hydrogen) atoms. The summed E-state index contributed by atoms with van der Waals surface area (Å²) in [6.07, 6.45) is -2.53. The Balaban J connectivity index is 2.29. The molecule has 2 aromatic carbocycles. The molecule has 0 aliphatic carbocycles. The molecule has 2 aromatic rings. The van der Waals surface area contributed by atoms with Crippen molar-refractivity contribution in [2.75, 3.05) is 0 Å². The highest BCUT2D eigenvalue weighted by Crippen LogP contribution is 2.58. The number of benzene rings is 2. The maximum atomic E-state index is 12.6. The first-order chi connectivity index (χ1) is 11.7. The van der Waals surface area contributed by atoms with Crippen molar-refractivity contribution in [2.45, 2.75) is 31.5 Å². The molecule has 3 atom stereocenters. The lowest BCUT2D eigenvalue weighted by molar-refractivity contribution is -0.146. The molecule has 3 N–H and O–H groups in total. The molecule has 134 valence electrons. The maximum Gasteiger partial charge on any atom is 0.336 e. The fourth-order valence-corrected chi connectivity index (χ4v) is 3.86. The first-order valence-electron chi connectivity index (χ1n) is 7.65. The van der Waals surface area contributed by atoms with E-state index in [1.54, 1.807) is 24.3 Å². The Hall–Kier alpha value is -2.21. The smallest absolute Gasteiger partial charge is 0.336 e. The number of carbonyl (C=O) groups is 2. The van der Waals surface area contributed by atoms with Crippen LogP contribution in [0.15, 0.2) is 42.5 Å². The molecule has 0 saturated carbocycles. The van der Waals surface area contributed by atoms with E-state index in [-0.39, 0.29) is 0 Å². The summed E-state index contributed by atoms with van der Waals surface area (Å²) < 4.78 is 17.6. The number of carboxylic acids is 2. The molecule has 0 bridgehead atoms. The summed E-state index contributed by atoms with van der Waals surface area (Å²) in [7, 11) is -4.35. The molecule has 0 fully saturated rings. The molecule has 3 unspecified atom stereocenters. The Bertz CT molecular complexity index is 827. The molecule has 0 heterocycles. The monoisotopic (exact) mass is 366 g/mol. The van der Waals surface area contributed by atoms with Crippen LogP contribution < -0.4 is 0 Å². The number of hydrogen-bond acceptors (Lipinski definition) is 4. The van der Waals surface area contributed by atoms with Crippen LogP contribution in [-0.2, 0) is 18.7 Å². The normalized spacial score (nSPS) is 16.1. The Labute approximate surface area is 144 Å². The second-order valence-electron chi connectivity index (χ2n) is 5.67. The molecule has 0 amide bonds. The van der Waals surface area contributed by atoms with Crippen molar-refractivity contribution in [2.24, 2.45) is 0 Å². The third-order valence-corrected chi connectivity index (χ3v) is 5.75. The van der Waals surface area contributed by atoms with Crippen LogP contribution in [0.5, 0.6) is 0 Å². The molecule has 0 saturated heterocycles. The van der Waals surface area contributed by atoms with Gasteiger partial charge in [-0.15, -0.1) is 0 Å². The van der Waals surface area contributed by atoms with Crippen LogP contribution in [0.2, 0.25) is 0 Å². The van der Waals surface area contributed by atoms with Crippen LogP contribution >= 0.6 is 7.60 Å². The summed E-state index contributed by atoms with van der Waals surface area (Å²) in [5.41, 5.74) is -0.406. The SMILES string of the molecule is CC(c1cccc2ccccc12)P(=O)(O)OC(CCC(=O)O)C(=O)O. The van der Waals surface area contributed by atoms with E-state index >= 15 is 0 Å². The largest absolute Gasteiger partial charge is 0.481 e. The van der Waals surface area contributed by atoms with E-state index in [9.17, 15) is 19.0 Å².